The van der Waals surface area contributed by atoms with Gasteiger partial charge in [0.05, 0.1) is 12.7 Å². The lowest BCUT2D eigenvalue weighted by Crippen LogP contribution is -2.39. The Kier molecular flexibility index (Phi) is 5.56. The molecule has 0 radical (unpaired) electrons. The van der Waals surface area contributed by atoms with Crippen LogP contribution in [0.15, 0.2) is 15.6 Å². The molecule has 0 bridgehead atoms. The van der Waals surface area contributed by atoms with Crippen molar-refractivity contribution in [3.63, 3.8) is 0 Å². The van der Waals surface area contributed by atoms with Crippen LogP contribution in [0.2, 0.25) is 0 Å². The summed E-state index contributed by atoms with van der Waals surface area (Å²) in [4.78, 5) is 8.55. The van der Waals surface area contributed by atoms with Gasteiger partial charge in [-0.1, -0.05) is 20.8 Å². The predicted octanol–water partition coefficient (Wildman–Crippen LogP) is 2.53. The fourth-order valence-corrected chi connectivity index (χ4v) is 3.34. The normalized spacial score (nSPS) is 19.8. The monoisotopic (exact) mass is 310 g/mol. The topological polar surface area (TPSA) is 62.5 Å². The number of aliphatic imine (C=N–C) groups is 1. The number of nitrogens with zero attached hydrogens (tertiary/aromatic N) is 2. The average molecular weight is 310 g/mol. The number of hydrogen-bond acceptors (Lipinski definition) is 4. The standard InChI is InChI=1S/C15H26N4OS/c1-15(2,3)12-9-17-13(20-12)10-19-14(16-4)18-8-11-6-5-7-21-11/h9,11H,5-8,10H2,1-4H3,(H2,16,18,19). The zero-order valence-electron chi connectivity index (χ0n) is 13.4. The molecule has 21 heavy (non-hydrogen) atoms. The summed E-state index contributed by atoms with van der Waals surface area (Å²) in [6.07, 6.45) is 4.43. The molecule has 1 saturated heterocycles. The fraction of sp³-hybridized carbons (Fsp3) is 0.733. The van der Waals surface area contributed by atoms with Crippen molar-refractivity contribution in [1.82, 2.24) is 15.6 Å². The van der Waals surface area contributed by atoms with Gasteiger partial charge in [0.2, 0.25) is 5.89 Å². The Balaban J connectivity index is 1.78. The van der Waals surface area contributed by atoms with Crippen LogP contribution in [-0.2, 0) is 12.0 Å². The second-order valence-electron chi connectivity index (χ2n) is 6.31. The van der Waals surface area contributed by atoms with Crippen LogP contribution in [0.25, 0.3) is 0 Å². The van der Waals surface area contributed by atoms with Crippen LogP contribution in [0.1, 0.15) is 45.3 Å². The number of nitrogens with one attached hydrogen (secondary N) is 2. The van der Waals surface area contributed by atoms with Crippen LogP contribution < -0.4 is 10.6 Å². The lowest BCUT2D eigenvalue weighted by Gasteiger charge is -2.14. The molecule has 5 nitrogen and oxygen atoms in total. The molecule has 2 N–H and O–H groups in total. The van der Waals surface area contributed by atoms with Crippen LogP contribution in [0, 0.1) is 0 Å². The van der Waals surface area contributed by atoms with Gasteiger partial charge >= 0.3 is 0 Å². The summed E-state index contributed by atoms with van der Waals surface area (Å²) in [5.41, 5.74) is -0.00906. The molecule has 6 heteroatoms. The van der Waals surface area contributed by atoms with Crippen LogP contribution in [0.5, 0.6) is 0 Å². The summed E-state index contributed by atoms with van der Waals surface area (Å²) in [5, 5.41) is 7.32. The summed E-state index contributed by atoms with van der Waals surface area (Å²) in [7, 11) is 1.78. The molecule has 1 aromatic rings. The highest BCUT2D eigenvalue weighted by molar-refractivity contribution is 8.00. The van der Waals surface area contributed by atoms with Crippen LogP contribution in [-0.4, -0.2) is 35.5 Å². The van der Waals surface area contributed by atoms with Gasteiger partial charge in [-0.2, -0.15) is 11.8 Å². The molecule has 1 aliphatic rings. The van der Waals surface area contributed by atoms with Gasteiger partial charge in [-0.15, -0.1) is 0 Å². The Labute approximate surface area is 131 Å². The number of oxazole rings is 1. The Hall–Kier alpha value is -1.17. The molecule has 0 saturated carbocycles. The number of hydrogen-bond donors (Lipinski definition) is 2. The van der Waals surface area contributed by atoms with E-state index in [0.717, 1.165) is 18.3 Å². The first-order valence-electron chi connectivity index (χ1n) is 7.50. The maximum Gasteiger partial charge on any atom is 0.213 e. The van der Waals surface area contributed by atoms with Gasteiger partial charge in [-0.25, -0.2) is 4.98 Å². The minimum atomic E-state index is -0.00906. The summed E-state index contributed by atoms with van der Waals surface area (Å²) < 4.78 is 5.76. The molecule has 2 rings (SSSR count). The summed E-state index contributed by atoms with van der Waals surface area (Å²) in [6, 6.07) is 0. The average Bonchev–Trinajstić information content (AvgIpc) is 3.09. The Bertz CT molecular complexity index is 472. The van der Waals surface area contributed by atoms with Crippen molar-refractivity contribution < 1.29 is 4.42 Å². The summed E-state index contributed by atoms with van der Waals surface area (Å²) >= 11 is 2.04. The molecular formula is C15H26N4OS. The number of rotatable bonds is 4. The van der Waals surface area contributed by atoms with Gasteiger partial charge < -0.3 is 15.1 Å². The van der Waals surface area contributed by atoms with Gasteiger partial charge in [-0.3, -0.25) is 4.99 Å². The van der Waals surface area contributed by atoms with E-state index in [1.165, 1.54) is 18.6 Å². The summed E-state index contributed by atoms with van der Waals surface area (Å²) in [5.74, 6) is 3.69. The SMILES string of the molecule is CN=C(NCc1ncc(C(C)(C)C)o1)NCC1CCCS1. The molecule has 0 amide bonds. The van der Waals surface area contributed by atoms with Crippen LogP contribution in [0.4, 0.5) is 0 Å². The van der Waals surface area contributed by atoms with E-state index in [-0.39, 0.29) is 5.41 Å². The third-order valence-electron chi connectivity index (χ3n) is 3.44. The Morgan fingerprint density at radius 1 is 1.48 bits per heavy atom. The molecule has 0 spiro atoms. The first-order chi connectivity index (χ1) is 9.99. The first kappa shape index (κ1) is 16.2. The van der Waals surface area contributed by atoms with Gasteiger partial charge in [0.1, 0.15) is 5.76 Å². The largest absolute Gasteiger partial charge is 0.443 e. The number of aromatic nitrogens is 1. The predicted molar refractivity (Wildman–Crippen MR) is 88.9 cm³/mol. The molecule has 1 aromatic heterocycles. The quantitative estimate of drug-likeness (QED) is 0.661. The smallest absolute Gasteiger partial charge is 0.213 e. The van der Waals surface area contributed by atoms with Crippen molar-refractivity contribution in [2.24, 2.45) is 4.99 Å². The van der Waals surface area contributed by atoms with E-state index < -0.39 is 0 Å². The molecule has 118 valence electrons. The Morgan fingerprint density at radius 3 is 2.86 bits per heavy atom. The van der Waals surface area contributed by atoms with Gasteiger partial charge in [-0.05, 0) is 18.6 Å². The van der Waals surface area contributed by atoms with Crippen molar-refractivity contribution in [2.75, 3.05) is 19.3 Å². The second kappa shape index (κ2) is 7.20. The maximum atomic E-state index is 5.76. The maximum absolute atomic E-state index is 5.76. The van der Waals surface area contributed by atoms with Crippen LogP contribution >= 0.6 is 11.8 Å². The first-order valence-corrected chi connectivity index (χ1v) is 8.55. The molecular weight excluding hydrogens is 284 g/mol. The van der Waals surface area contributed by atoms with Crippen molar-refractivity contribution in [2.45, 2.75) is 50.8 Å². The van der Waals surface area contributed by atoms with E-state index in [9.17, 15) is 0 Å². The van der Waals surface area contributed by atoms with E-state index in [0.29, 0.717) is 17.7 Å². The molecule has 1 unspecified atom stereocenters. The molecule has 1 fully saturated rings. The zero-order chi connectivity index (χ0) is 15.3. The van der Waals surface area contributed by atoms with E-state index in [1.54, 1.807) is 7.05 Å². The molecule has 1 aliphatic heterocycles. The molecule has 0 aromatic carbocycles. The van der Waals surface area contributed by atoms with Gasteiger partial charge in [0.15, 0.2) is 5.96 Å². The third kappa shape index (κ3) is 4.95. The molecule has 2 heterocycles. The van der Waals surface area contributed by atoms with E-state index in [4.69, 9.17) is 4.42 Å². The van der Waals surface area contributed by atoms with Crippen LogP contribution in [0.3, 0.4) is 0 Å². The van der Waals surface area contributed by atoms with Gasteiger partial charge in [0, 0.05) is 24.3 Å². The lowest BCUT2D eigenvalue weighted by atomic mass is 9.94. The highest BCUT2D eigenvalue weighted by Crippen LogP contribution is 2.25. The van der Waals surface area contributed by atoms with E-state index >= 15 is 0 Å². The van der Waals surface area contributed by atoms with Gasteiger partial charge in [0.25, 0.3) is 0 Å². The zero-order valence-corrected chi connectivity index (χ0v) is 14.2. The third-order valence-corrected chi connectivity index (χ3v) is 4.84. The second-order valence-corrected chi connectivity index (χ2v) is 7.72. The highest BCUT2D eigenvalue weighted by Gasteiger charge is 2.19. The minimum Gasteiger partial charge on any atom is -0.443 e. The minimum absolute atomic E-state index is 0.00906. The lowest BCUT2D eigenvalue weighted by molar-refractivity contribution is 0.379. The van der Waals surface area contributed by atoms with Crippen molar-refractivity contribution >= 4 is 17.7 Å². The fourth-order valence-electron chi connectivity index (χ4n) is 2.13. The van der Waals surface area contributed by atoms with Crippen molar-refractivity contribution in [3.8, 4) is 0 Å². The van der Waals surface area contributed by atoms with Crippen molar-refractivity contribution in [1.29, 1.82) is 0 Å². The number of guanidine groups is 1. The molecule has 1 atom stereocenters. The van der Waals surface area contributed by atoms with E-state index in [2.05, 4.69) is 41.4 Å². The van der Waals surface area contributed by atoms with E-state index in [1.807, 2.05) is 18.0 Å². The Morgan fingerprint density at radius 2 is 2.29 bits per heavy atom. The highest BCUT2D eigenvalue weighted by atomic mass is 32.2. The summed E-state index contributed by atoms with van der Waals surface area (Å²) in [6.45, 7) is 7.86. The number of thioether (sulfide) groups is 1. The van der Waals surface area contributed by atoms with Crippen molar-refractivity contribution in [3.05, 3.63) is 17.8 Å². The molecule has 0 aliphatic carbocycles.